The highest BCUT2D eigenvalue weighted by Crippen LogP contribution is 2.40. The second-order valence-corrected chi connectivity index (χ2v) is 6.68. The number of carboxylic acids is 1. The fourth-order valence-corrected chi connectivity index (χ4v) is 3.31. The van der Waals surface area contributed by atoms with Crippen LogP contribution in [0.1, 0.15) is 39.5 Å². The molecule has 0 amide bonds. The predicted octanol–water partition coefficient (Wildman–Crippen LogP) is 1.33. The Morgan fingerprint density at radius 3 is 2.60 bits per heavy atom. The molecule has 116 valence electrons. The number of carboxylic acid groups (broad SMARTS) is 1. The first-order valence-electron chi connectivity index (χ1n) is 7.75. The molecular weight excluding hydrogens is 256 g/mol. The van der Waals surface area contributed by atoms with E-state index in [-0.39, 0.29) is 18.1 Å². The van der Waals surface area contributed by atoms with Crippen LogP contribution >= 0.6 is 0 Å². The Hall–Kier alpha value is -0.650. The van der Waals surface area contributed by atoms with E-state index in [2.05, 4.69) is 10.2 Å². The van der Waals surface area contributed by atoms with Gasteiger partial charge >= 0.3 is 5.97 Å². The highest BCUT2D eigenvalue weighted by Gasteiger charge is 2.52. The van der Waals surface area contributed by atoms with E-state index < -0.39 is 11.5 Å². The smallest absolute Gasteiger partial charge is 0.325 e. The number of aliphatic carboxylic acids is 1. The van der Waals surface area contributed by atoms with Crippen LogP contribution in [0, 0.1) is 5.92 Å². The third-order valence-electron chi connectivity index (χ3n) is 4.26. The average Bonchev–Trinajstić information content (AvgIpc) is 3.08. The number of ether oxygens (including phenoxy) is 1. The second-order valence-electron chi connectivity index (χ2n) is 6.68. The SMILES string of the molecule is CC(C)NC(CN(C)CC1CCCO1)(C(=O)O)C1CC1. The van der Waals surface area contributed by atoms with Crippen molar-refractivity contribution < 1.29 is 14.6 Å². The largest absolute Gasteiger partial charge is 0.480 e. The summed E-state index contributed by atoms with van der Waals surface area (Å²) >= 11 is 0. The first-order chi connectivity index (χ1) is 9.44. The monoisotopic (exact) mass is 284 g/mol. The van der Waals surface area contributed by atoms with Gasteiger partial charge < -0.3 is 14.7 Å². The minimum absolute atomic E-state index is 0.169. The average molecular weight is 284 g/mol. The summed E-state index contributed by atoms with van der Waals surface area (Å²) in [5.74, 6) is -0.456. The minimum atomic E-state index is -0.804. The number of likely N-dealkylation sites (N-methyl/N-ethyl adjacent to an activating group) is 1. The molecule has 1 aliphatic heterocycles. The molecule has 2 fully saturated rings. The van der Waals surface area contributed by atoms with Gasteiger partial charge in [0.15, 0.2) is 0 Å². The first-order valence-corrected chi connectivity index (χ1v) is 7.75. The van der Waals surface area contributed by atoms with Gasteiger partial charge in [-0.15, -0.1) is 0 Å². The molecule has 0 bridgehead atoms. The lowest BCUT2D eigenvalue weighted by atomic mass is 9.91. The van der Waals surface area contributed by atoms with Gasteiger partial charge in [-0.05, 0) is 52.5 Å². The molecule has 1 saturated heterocycles. The van der Waals surface area contributed by atoms with Crippen molar-refractivity contribution in [3.05, 3.63) is 0 Å². The summed E-state index contributed by atoms with van der Waals surface area (Å²) in [7, 11) is 2.00. The fraction of sp³-hybridized carbons (Fsp3) is 0.933. The summed E-state index contributed by atoms with van der Waals surface area (Å²) in [6.07, 6.45) is 4.50. The lowest BCUT2D eigenvalue weighted by Gasteiger charge is -2.37. The summed E-state index contributed by atoms with van der Waals surface area (Å²) in [6.45, 7) is 6.24. The van der Waals surface area contributed by atoms with Crippen molar-refractivity contribution in [2.75, 3.05) is 26.7 Å². The van der Waals surface area contributed by atoms with E-state index in [0.29, 0.717) is 6.54 Å². The molecule has 5 nitrogen and oxygen atoms in total. The number of nitrogens with one attached hydrogen (secondary N) is 1. The van der Waals surface area contributed by atoms with Crippen LogP contribution in [0.4, 0.5) is 0 Å². The molecule has 2 atom stereocenters. The van der Waals surface area contributed by atoms with Crippen molar-refractivity contribution in [1.29, 1.82) is 0 Å². The molecule has 0 aromatic heterocycles. The van der Waals surface area contributed by atoms with Crippen molar-refractivity contribution >= 4 is 5.97 Å². The Morgan fingerprint density at radius 1 is 1.45 bits per heavy atom. The van der Waals surface area contributed by atoms with E-state index in [1.54, 1.807) is 0 Å². The van der Waals surface area contributed by atoms with E-state index in [9.17, 15) is 9.90 Å². The second kappa shape index (κ2) is 6.41. The summed E-state index contributed by atoms with van der Waals surface area (Å²) in [5.41, 5.74) is -0.804. The van der Waals surface area contributed by atoms with Gasteiger partial charge in [0.1, 0.15) is 5.54 Å². The van der Waals surface area contributed by atoms with Crippen molar-refractivity contribution in [2.45, 2.75) is 57.2 Å². The van der Waals surface area contributed by atoms with E-state index >= 15 is 0 Å². The van der Waals surface area contributed by atoms with Crippen LogP contribution in [0.15, 0.2) is 0 Å². The molecule has 1 saturated carbocycles. The van der Waals surface area contributed by atoms with Gasteiger partial charge in [-0.2, -0.15) is 0 Å². The topological polar surface area (TPSA) is 61.8 Å². The minimum Gasteiger partial charge on any atom is -0.480 e. The van der Waals surface area contributed by atoms with E-state index in [4.69, 9.17) is 4.74 Å². The van der Waals surface area contributed by atoms with Crippen LogP contribution in [0.3, 0.4) is 0 Å². The molecule has 2 unspecified atom stereocenters. The quantitative estimate of drug-likeness (QED) is 0.704. The van der Waals surface area contributed by atoms with Gasteiger partial charge in [0.25, 0.3) is 0 Å². The predicted molar refractivity (Wildman–Crippen MR) is 77.8 cm³/mol. The van der Waals surface area contributed by atoms with Crippen LogP contribution in [-0.4, -0.2) is 60.4 Å². The van der Waals surface area contributed by atoms with Gasteiger partial charge in [0.2, 0.25) is 0 Å². The molecule has 2 N–H and O–H groups in total. The van der Waals surface area contributed by atoms with Gasteiger partial charge in [0, 0.05) is 25.7 Å². The lowest BCUT2D eigenvalue weighted by Crippen LogP contribution is -2.62. The highest BCUT2D eigenvalue weighted by molar-refractivity contribution is 5.80. The van der Waals surface area contributed by atoms with Crippen LogP contribution < -0.4 is 5.32 Å². The van der Waals surface area contributed by atoms with Crippen molar-refractivity contribution in [3.63, 3.8) is 0 Å². The van der Waals surface area contributed by atoms with Crippen LogP contribution in [0.5, 0.6) is 0 Å². The molecule has 0 aromatic carbocycles. The van der Waals surface area contributed by atoms with Gasteiger partial charge in [-0.3, -0.25) is 10.1 Å². The van der Waals surface area contributed by atoms with Crippen molar-refractivity contribution in [1.82, 2.24) is 10.2 Å². The van der Waals surface area contributed by atoms with Gasteiger partial charge in [0.05, 0.1) is 6.10 Å². The fourth-order valence-electron chi connectivity index (χ4n) is 3.31. The van der Waals surface area contributed by atoms with Crippen LogP contribution in [0.2, 0.25) is 0 Å². The molecule has 0 aromatic rings. The maximum Gasteiger partial charge on any atom is 0.325 e. The number of nitrogens with zero attached hydrogens (tertiary/aromatic N) is 1. The van der Waals surface area contributed by atoms with Gasteiger partial charge in [-0.25, -0.2) is 0 Å². The normalized spacial score (nSPS) is 26.1. The third kappa shape index (κ3) is 3.71. The first kappa shape index (κ1) is 15.7. The zero-order valence-corrected chi connectivity index (χ0v) is 12.9. The Morgan fingerprint density at radius 2 is 2.15 bits per heavy atom. The maximum atomic E-state index is 11.9. The zero-order chi connectivity index (χ0) is 14.8. The number of carbonyl (C=O) groups is 1. The van der Waals surface area contributed by atoms with Crippen LogP contribution in [0.25, 0.3) is 0 Å². The van der Waals surface area contributed by atoms with E-state index in [1.165, 1.54) is 0 Å². The Bertz CT molecular complexity index is 338. The number of hydrogen-bond donors (Lipinski definition) is 2. The Kier molecular flexibility index (Phi) is 5.04. The molecule has 5 heteroatoms. The lowest BCUT2D eigenvalue weighted by molar-refractivity contribution is -0.147. The van der Waals surface area contributed by atoms with E-state index in [0.717, 1.165) is 38.8 Å². The Labute approximate surface area is 121 Å². The van der Waals surface area contributed by atoms with Crippen molar-refractivity contribution in [2.24, 2.45) is 5.92 Å². The molecule has 1 heterocycles. The zero-order valence-electron chi connectivity index (χ0n) is 12.9. The number of hydrogen-bond acceptors (Lipinski definition) is 4. The highest BCUT2D eigenvalue weighted by atomic mass is 16.5. The Balaban J connectivity index is 2.00. The maximum absolute atomic E-state index is 11.9. The number of rotatable bonds is 8. The summed E-state index contributed by atoms with van der Waals surface area (Å²) in [6, 6.07) is 0.169. The summed E-state index contributed by atoms with van der Waals surface area (Å²) < 4.78 is 5.65. The molecular formula is C15H28N2O3. The summed E-state index contributed by atoms with van der Waals surface area (Å²) in [5, 5.41) is 13.1. The van der Waals surface area contributed by atoms with E-state index in [1.807, 2.05) is 20.9 Å². The summed E-state index contributed by atoms with van der Waals surface area (Å²) in [4.78, 5) is 14.0. The third-order valence-corrected chi connectivity index (χ3v) is 4.26. The molecule has 2 aliphatic rings. The molecule has 2 rings (SSSR count). The molecule has 0 radical (unpaired) electrons. The molecule has 0 spiro atoms. The standard InChI is InChI=1S/C15H28N2O3/c1-11(2)16-15(14(18)19,12-6-7-12)10-17(3)9-13-5-4-8-20-13/h11-13,16H,4-10H2,1-3H3,(H,18,19). The van der Waals surface area contributed by atoms with Gasteiger partial charge in [-0.1, -0.05) is 0 Å². The molecule has 1 aliphatic carbocycles. The van der Waals surface area contributed by atoms with Crippen LogP contribution in [-0.2, 0) is 9.53 Å². The van der Waals surface area contributed by atoms with Crippen molar-refractivity contribution in [3.8, 4) is 0 Å². The molecule has 20 heavy (non-hydrogen) atoms.